The van der Waals surface area contributed by atoms with E-state index in [9.17, 15) is 19.2 Å². The van der Waals surface area contributed by atoms with Gasteiger partial charge in [0.2, 0.25) is 0 Å². The van der Waals surface area contributed by atoms with Crippen LogP contribution in [0.2, 0.25) is 5.02 Å². The highest BCUT2D eigenvalue weighted by molar-refractivity contribution is 6.39. The van der Waals surface area contributed by atoms with Gasteiger partial charge in [0.25, 0.3) is 11.8 Å². The Hall–Kier alpha value is -4.43. The molecular weight excluding hydrogens is 496 g/mol. The van der Waals surface area contributed by atoms with E-state index in [1.165, 1.54) is 30.3 Å². The summed E-state index contributed by atoms with van der Waals surface area (Å²) in [6, 6.07) is 17.5. The Bertz CT molecular complexity index is 1410. The predicted molar refractivity (Wildman–Crippen MR) is 139 cm³/mol. The van der Waals surface area contributed by atoms with Crippen LogP contribution in [0.25, 0.3) is 6.08 Å². The van der Waals surface area contributed by atoms with Gasteiger partial charge >= 0.3 is 12.0 Å². The van der Waals surface area contributed by atoms with E-state index < -0.39 is 23.8 Å². The molecule has 0 spiro atoms. The molecule has 3 aromatic carbocycles. The van der Waals surface area contributed by atoms with Crippen molar-refractivity contribution < 1.29 is 28.7 Å². The molecule has 188 valence electrons. The largest absolute Gasteiger partial charge is 0.497 e. The average molecular weight is 519 g/mol. The highest BCUT2D eigenvalue weighted by atomic mass is 35.5. The number of rotatable bonds is 7. The van der Waals surface area contributed by atoms with Crippen LogP contribution >= 0.6 is 11.6 Å². The van der Waals surface area contributed by atoms with Gasteiger partial charge in [-0.25, -0.2) is 14.5 Å². The number of halogens is 1. The lowest BCUT2D eigenvalue weighted by Crippen LogP contribution is -2.54. The number of carbonyl (C=O) groups excluding carboxylic acids is 4. The number of benzene rings is 3. The van der Waals surface area contributed by atoms with Crippen molar-refractivity contribution in [3.63, 3.8) is 0 Å². The molecule has 1 fully saturated rings. The van der Waals surface area contributed by atoms with E-state index in [1.54, 1.807) is 38.3 Å². The first-order chi connectivity index (χ1) is 17.8. The maximum Gasteiger partial charge on any atom is 0.338 e. The first-order valence-corrected chi connectivity index (χ1v) is 11.8. The molecule has 1 heterocycles. The van der Waals surface area contributed by atoms with Crippen molar-refractivity contribution in [2.75, 3.05) is 18.6 Å². The van der Waals surface area contributed by atoms with E-state index in [1.807, 2.05) is 18.2 Å². The van der Waals surface area contributed by atoms with Crippen LogP contribution in [-0.4, -0.2) is 37.5 Å². The Balaban J connectivity index is 1.70. The van der Waals surface area contributed by atoms with Gasteiger partial charge in [-0.3, -0.25) is 14.9 Å². The molecule has 0 aliphatic carbocycles. The minimum atomic E-state index is -0.887. The van der Waals surface area contributed by atoms with Crippen molar-refractivity contribution in [3.05, 3.63) is 99.6 Å². The number of anilines is 1. The lowest BCUT2D eigenvalue weighted by atomic mass is 9.97. The molecule has 37 heavy (non-hydrogen) atoms. The average Bonchev–Trinajstić information content (AvgIpc) is 2.89. The van der Waals surface area contributed by atoms with Crippen LogP contribution < -0.4 is 15.0 Å². The molecule has 1 aliphatic heterocycles. The lowest BCUT2D eigenvalue weighted by molar-refractivity contribution is -0.122. The summed E-state index contributed by atoms with van der Waals surface area (Å²) in [5.74, 6) is -1.53. The molecule has 1 saturated heterocycles. The number of esters is 1. The van der Waals surface area contributed by atoms with Crippen LogP contribution in [0.5, 0.6) is 5.75 Å². The van der Waals surface area contributed by atoms with Crippen LogP contribution in [0.15, 0.2) is 72.3 Å². The quantitative estimate of drug-likeness (QED) is 0.274. The topological polar surface area (TPSA) is 102 Å². The molecular formula is C28H23ClN2O6. The zero-order chi connectivity index (χ0) is 26.5. The van der Waals surface area contributed by atoms with Crippen molar-refractivity contribution >= 4 is 47.2 Å². The molecule has 4 amide bonds. The van der Waals surface area contributed by atoms with Gasteiger partial charge in [-0.05, 0) is 78.6 Å². The standard InChI is InChI=1S/C28H23ClN2O6/c1-3-37-27(34)17-8-11-21(12-9-17)31-26(33)23(25(32)30-28(31)35)16-18-10-13-22(36-2)15-20(18)14-19-6-4-5-7-24(19)29/h4-13,15-16H,3,14H2,1-2H3,(H,30,32,35)/b23-16+. The maximum atomic E-state index is 13.4. The molecule has 1 aliphatic rings. The number of methoxy groups -OCH3 is 1. The highest BCUT2D eigenvalue weighted by Gasteiger charge is 2.37. The Labute approximate surface area is 218 Å². The molecule has 0 bridgehead atoms. The van der Waals surface area contributed by atoms with E-state index >= 15 is 0 Å². The van der Waals surface area contributed by atoms with E-state index in [0.29, 0.717) is 22.8 Å². The molecule has 3 aromatic rings. The zero-order valence-corrected chi connectivity index (χ0v) is 20.9. The highest BCUT2D eigenvalue weighted by Crippen LogP contribution is 2.28. The number of imide groups is 2. The van der Waals surface area contributed by atoms with E-state index in [-0.39, 0.29) is 23.4 Å². The third kappa shape index (κ3) is 5.54. The number of barbiturate groups is 1. The maximum absolute atomic E-state index is 13.4. The van der Waals surface area contributed by atoms with Gasteiger partial charge in [0.15, 0.2) is 0 Å². The summed E-state index contributed by atoms with van der Waals surface area (Å²) < 4.78 is 10.3. The number of carbonyl (C=O) groups is 4. The Morgan fingerprint density at radius 3 is 2.41 bits per heavy atom. The zero-order valence-electron chi connectivity index (χ0n) is 20.1. The second-order valence-electron chi connectivity index (χ2n) is 8.06. The van der Waals surface area contributed by atoms with Gasteiger partial charge in [-0.2, -0.15) is 0 Å². The fraction of sp³-hybridized carbons (Fsp3) is 0.143. The number of nitrogens with one attached hydrogen (secondary N) is 1. The van der Waals surface area contributed by atoms with Gasteiger partial charge < -0.3 is 9.47 Å². The van der Waals surface area contributed by atoms with Crippen LogP contribution in [-0.2, 0) is 20.7 Å². The van der Waals surface area contributed by atoms with E-state index in [4.69, 9.17) is 21.1 Å². The molecule has 0 saturated carbocycles. The van der Waals surface area contributed by atoms with Crippen molar-refractivity contribution in [1.82, 2.24) is 5.32 Å². The number of urea groups is 1. The molecule has 8 nitrogen and oxygen atoms in total. The first-order valence-electron chi connectivity index (χ1n) is 11.4. The molecule has 9 heteroatoms. The van der Waals surface area contributed by atoms with Crippen molar-refractivity contribution in [3.8, 4) is 5.75 Å². The summed E-state index contributed by atoms with van der Waals surface area (Å²) in [7, 11) is 1.54. The van der Waals surface area contributed by atoms with Crippen LogP contribution in [0.3, 0.4) is 0 Å². The molecule has 0 unspecified atom stereocenters. The number of ether oxygens (including phenoxy) is 2. The summed E-state index contributed by atoms with van der Waals surface area (Å²) in [5, 5.41) is 2.79. The number of amides is 4. The summed E-state index contributed by atoms with van der Waals surface area (Å²) >= 11 is 6.35. The lowest BCUT2D eigenvalue weighted by Gasteiger charge is -2.26. The van der Waals surface area contributed by atoms with Crippen LogP contribution in [0.1, 0.15) is 34.0 Å². The van der Waals surface area contributed by atoms with Crippen molar-refractivity contribution in [1.29, 1.82) is 0 Å². The van der Waals surface area contributed by atoms with Crippen LogP contribution in [0.4, 0.5) is 10.5 Å². The van der Waals surface area contributed by atoms with Gasteiger partial charge in [0.05, 0.1) is 25.0 Å². The normalized spacial score (nSPS) is 14.5. The Morgan fingerprint density at radius 2 is 1.73 bits per heavy atom. The smallest absolute Gasteiger partial charge is 0.338 e. The SMILES string of the molecule is CCOC(=O)c1ccc(N2C(=O)NC(=O)/C(=C\c3ccc(OC)cc3Cc3ccccc3Cl)C2=O)cc1. The Morgan fingerprint density at radius 1 is 1.00 bits per heavy atom. The molecule has 0 atom stereocenters. The minimum Gasteiger partial charge on any atom is -0.497 e. The number of hydrogen-bond donors (Lipinski definition) is 1. The van der Waals surface area contributed by atoms with Crippen molar-refractivity contribution in [2.24, 2.45) is 0 Å². The molecule has 0 radical (unpaired) electrons. The fourth-order valence-corrected chi connectivity index (χ4v) is 4.06. The summed E-state index contributed by atoms with van der Waals surface area (Å²) in [6.45, 7) is 1.91. The number of hydrogen-bond acceptors (Lipinski definition) is 6. The van der Waals surface area contributed by atoms with Gasteiger partial charge in [0.1, 0.15) is 11.3 Å². The second-order valence-corrected chi connectivity index (χ2v) is 8.47. The third-order valence-electron chi connectivity index (χ3n) is 5.73. The summed E-state index contributed by atoms with van der Waals surface area (Å²) in [5.41, 5.74) is 2.45. The monoisotopic (exact) mass is 518 g/mol. The van der Waals surface area contributed by atoms with Crippen molar-refractivity contribution in [2.45, 2.75) is 13.3 Å². The molecule has 1 N–H and O–H groups in total. The van der Waals surface area contributed by atoms with Gasteiger partial charge in [-0.15, -0.1) is 0 Å². The van der Waals surface area contributed by atoms with Crippen LogP contribution in [0, 0.1) is 0 Å². The summed E-state index contributed by atoms with van der Waals surface area (Å²) in [6.07, 6.45) is 1.86. The second kappa shape index (κ2) is 11.1. The first kappa shape index (κ1) is 25.7. The van der Waals surface area contributed by atoms with E-state index in [0.717, 1.165) is 16.0 Å². The van der Waals surface area contributed by atoms with E-state index in [2.05, 4.69) is 5.32 Å². The minimum absolute atomic E-state index is 0.194. The predicted octanol–water partition coefficient (Wildman–Crippen LogP) is 4.78. The fourth-order valence-electron chi connectivity index (χ4n) is 3.86. The Kier molecular flexibility index (Phi) is 7.69. The molecule has 0 aromatic heterocycles. The van der Waals surface area contributed by atoms with Gasteiger partial charge in [-0.1, -0.05) is 35.9 Å². The number of nitrogens with zero attached hydrogens (tertiary/aromatic N) is 1. The van der Waals surface area contributed by atoms with Gasteiger partial charge in [0, 0.05) is 5.02 Å². The molecule has 4 rings (SSSR count). The summed E-state index contributed by atoms with van der Waals surface area (Å²) in [4.78, 5) is 51.4. The third-order valence-corrected chi connectivity index (χ3v) is 6.10.